The number of aromatic nitrogens is 2. The quantitative estimate of drug-likeness (QED) is 0.729. The summed E-state index contributed by atoms with van der Waals surface area (Å²) >= 11 is 5.19. The van der Waals surface area contributed by atoms with Crippen LogP contribution in [0.3, 0.4) is 0 Å². The maximum Gasteiger partial charge on any atom is 0.130 e. The highest BCUT2D eigenvalue weighted by molar-refractivity contribution is 7.71. The van der Waals surface area contributed by atoms with Crippen molar-refractivity contribution in [2.45, 2.75) is 13.8 Å². The molecule has 4 heteroatoms. The molecular formula is C10H10N2OS. The summed E-state index contributed by atoms with van der Waals surface area (Å²) in [6.07, 6.45) is 3.25. The minimum atomic E-state index is 0.648. The van der Waals surface area contributed by atoms with Crippen molar-refractivity contribution < 1.29 is 4.42 Å². The normalized spacial score (nSPS) is 10.4. The molecule has 0 aromatic carbocycles. The number of rotatable bonds is 1. The van der Waals surface area contributed by atoms with Gasteiger partial charge in [0.05, 0.1) is 18.2 Å². The maximum atomic E-state index is 5.19. The first-order chi connectivity index (χ1) is 6.68. The molecule has 2 heterocycles. The van der Waals surface area contributed by atoms with Crippen LogP contribution < -0.4 is 0 Å². The van der Waals surface area contributed by atoms with Crippen molar-refractivity contribution in [3.8, 4) is 11.3 Å². The molecule has 0 bridgehead atoms. The zero-order valence-corrected chi connectivity index (χ0v) is 8.81. The van der Waals surface area contributed by atoms with Crippen molar-refractivity contribution in [1.29, 1.82) is 0 Å². The standard InChI is InChI=1S/C10H10N2OS/c1-6-7(2)12-10(14)9(11-6)8-3-4-13-5-8/h3-5H,1-2H3,(H,12,14). The first-order valence-corrected chi connectivity index (χ1v) is 4.69. The highest BCUT2D eigenvalue weighted by atomic mass is 32.1. The number of hydrogen-bond acceptors (Lipinski definition) is 3. The van der Waals surface area contributed by atoms with Gasteiger partial charge in [0, 0.05) is 11.3 Å². The van der Waals surface area contributed by atoms with Gasteiger partial charge in [-0.05, 0) is 19.9 Å². The first kappa shape index (κ1) is 9.15. The molecule has 0 atom stereocenters. The van der Waals surface area contributed by atoms with Crippen LogP contribution in [0.25, 0.3) is 11.3 Å². The van der Waals surface area contributed by atoms with Crippen LogP contribution in [0.5, 0.6) is 0 Å². The summed E-state index contributed by atoms with van der Waals surface area (Å²) < 4.78 is 5.64. The Kier molecular flexibility index (Phi) is 2.21. The summed E-state index contributed by atoms with van der Waals surface area (Å²) in [5, 5.41) is 0. The Balaban J connectivity index is 2.66. The fourth-order valence-corrected chi connectivity index (χ4v) is 1.53. The van der Waals surface area contributed by atoms with E-state index in [0.717, 1.165) is 22.6 Å². The van der Waals surface area contributed by atoms with E-state index in [1.807, 2.05) is 19.9 Å². The molecule has 0 aliphatic carbocycles. The average molecular weight is 206 g/mol. The molecule has 0 fully saturated rings. The van der Waals surface area contributed by atoms with Crippen LogP contribution >= 0.6 is 12.2 Å². The van der Waals surface area contributed by atoms with Crippen LogP contribution in [0.15, 0.2) is 23.0 Å². The number of aryl methyl sites for hydroxylation is 2. The molecule has 0 aliphatic rings. The smallest absolute Gasteiger partial charge is 0.130 e. The molecule has 72 valence electrons. The number of hydrogen-bond donors (Lipinski definition) is 1. The van der Waals surface area contributed by atoms with E-state index in [4.69, 9.17) is 16.6 Å². The molecule has 2 rings (SSSR count). The molecule has 3 nitrogen and oxygen atoms in total. The summed E-state index contributed by atoms with van der Waals surface area (Å²) in [7, 11) is 0. The zero-order chi connectivity index (χ0) is 10.1. The van der Waals surface area contributed by atoms with Crippen LogP contribution in [0.4, 0.5) is 0 Å². The summed E-state index contributed by atoms with van der Waals surface area (Å²) in [5.41, 5.74) is 3.64. The third kappa shape index (κ3) is 1.48. The molecule has 1 N–H and O–H groups in total. The number of aromatic amines is 1. The number of H-pyrrole nitrogens is 1. The lowest BCUT2D eigenvalue weighted by atomic mass is 10.2. The van der Waals surface area contributed by atoms with Crippen molar-refractivity contribution in [2.75, 3.05) is 0 Å². The van der Waals surface area contributed by atoms with E-state index in [0.29, 0.717) is 4.64 Å². The molecule has 0 amide bonds. The molecule has 0 spiro atoms. The summed E-state index contributed by atoms with van der Waals surface area (Å²) in [4.78, 5) is 7.53. The Hall–Kier alpha value is -1.42. The van der Waals surface area contributed by atoms with Gasteiger partial charge >= 0.3 is 0 Å². The van der Waals surface area contributed by atoms with Gasteiger partial charge in [-0.3, -0.25) is 0 Å². The second-order valence-corrected chi connectivity index (χ2v) is 3.55. The van der Waals surface area contributed by atoms with E-state index in [1.54, 1.807) is 12.5 Å². The van der Waals surface area contributed by atoms with E-state index in [-0.39, 0.29) is 0 Å². The Morgan fingerprint density at radius 1 is 1.43 bits per heavy atom. The highest BCUT2D eigenvalue weighted by Crippen LogP contribution is 2.18. The van der Waals surface area contributed by atoms with Gasteiger partial charge < -0.3 is 9.40 Å². The van der Waals surface area contributed by atoms with Gasteiger partial charge in [-0.25, -0.2) is 4.98 Å². The van der Waals surface area contributed by atoms with Crippen molar-refractivity contribution in [3.63, 3.8) is 0 Å². The van der Waals surface area contributed by atoms with Crippen LogP contribution in [0.2, 0.25) is 0 Å². The molecule has 0 unspecified atom stereocenters. The second-order valence-electron chi connectivity index (χ2n) is 3.14. The van der Waals surface area contributed by atoms with Gasteiger partial charge in [-0.15, -0.1) is 0 Å². The Bertz CT molecular complexity index is 499. The summed E-state index contributed by atoms with van der Waals surface area (Å²) in [6, 6.07) is 1.85. The third-order valence-electron chi connectivity index (χ3n) is 2.13. The molecule has 0 saturated carbocycles. The molecule has 2 aromatic heterocycles. The van der Waals surface area contributed by atoms with Gasteiger partial charge in [0.25, 0.3) is 0 Å². The SMILES string of the molecule is Cc1nc(-c2ccoc2)c(=S)[nH]c1C. The van der Waals surface area contributed by atoms with Crippen LogP contribution in [0.1, 0.15) is 11.4 Å². The van der Waals surface area contributed by atoms with Crippen LogP contribution in [-0.4, -0.2) is 9.97 Å². The predicted octanol–water partition coefficient (Wildman–Crippen LogP) is 3.02. The van der Waals surface area contributed by atoms with Crippen LogP contribution in [-0.2, 0) is 0 Å². The first-order valence-electron chi connectivity index (χ1n) is 4.28. The van der Waals surface area contributed by atoms with E-state index >= 15 is 0 Å². The third-order valence-corrected chi connectivity index (χ3v) is 2.43. The van der Waals surface area contributed by atoms with Gasteiger partial charge in [0.15, 0.2) is 0 Å². The van der Waals surface area contributed by atoms with Crippen molar-refractivity contribution in [1.82, 2.24) is 9.97 Å². The predicted molar refractivity (Wildman–Crippen MR) is 56.6 cm³/mol. The average Bonchev–Trinajstić information content (AvgIpc) is 2.64. The minimum absolute atomic E-state index is 0.648. The Labute approximate surface area is 86.8 Å². The zero-order valence-electron chi connectivity index (χ0n) is 8.00. The number of nitrogens with one attached hydrogen (secondary N) is 1. The van der Waals surface area contributed by atoms with E-state index in [1.165, 1.54) is 0 Å². The molecule has 0 saturated heterocycles. The van der Waals surface area contributed by atoms with E-state index in [2.05, 4.69) is 9.97 Å². The number of nitrogens with zero attached hydrogens (tertiary/aromatic N) is 1. The van der Waals surface area contributed by atoms with Crippen molar-refractivity contribution in [3.05, 3.63) is 34.6 Å². The van der Waals surface area contributed by atoms with Crippen molar-refractivity contribution in [2.24, 2.45) is 0 Å². The van der Waals surface area contributed by atoms with E-state index < -0.39 is 0 Å². The van der Waals surface area contributed by atoms with Gasteiger partial charge in [-0.2, -0.15) is 0 Å². The second kappa shape index (κ2) is 3.38. The van der Waals surface area contributed by atoms with Gasteiger partial charge in [0.2, 0.25) is 0 Å². The molecule has 0 aliphatic heterocycles. The number of furan rings is 1. The van der Waals surface area contributed by atoms with Gasteiger partial charge in [-0.1, -0.05) is 12.2 Å². The molecular weight excluding hydrogens is 196 g/mol. The Morgan fingerprint density at radius 3 is 2.86 bits per heavy atom. The lowest BCUT2D eigenvalue weighted by Gasteiger charge is -2.02. The molecule has 2 aromatic rings. The van der Waals surface area contributed by atoms with Crippen molar-refractivity contribution >= 4 is 12.2 Å². The molecule has 0 radical (unpaired) electrons. The monoisotopic (exact) mass is 206 g/mol. The maximum absolute atomic E-state index is 5.19. The van der Waals surface area contributed by atoms with Crippen LogP contribution in [0, 0.1) is 18.5 Å². The highest BCUT2D eigenvalue weighted by Gasteiger charge is 2.05. The Morgan fingerprint density at radius 2 is 2.21 bits per heavy atom. The summed E-state index contributed by atoms with van der Waals surface area (Å²) in [6.45, 7) is 3.90. The topological polar surface area (TPSA) is 41.8 Å². The summed E-state index contributed by atoms with van der Waals surface area (Å²) in [5.74, 6) is 0. The fourth-order valence-electron chi connectivity index (χ4n) is 1.22. The van der Waals surface area contributed by atoms with E-state index in [9.17, 15) is 0 Å². The lowest BCUT2D eigenvalue weighted by Crippen LogP contribution is -1.95. The molecule has 14 heavy (non-hydrogen) atoms. The van der Waals surface area contributed by atoms with Gasteiger partial charge in [0.1, 0.15) is 10.3 Å². The largest absolute Gasteiger partial charge is 0.472 e. The fraction of sp³-hybridized carbons (Fsp3) is 0.200. The lowest BCUT2D eigenvalue weighted by molar-refractivity contribution is 0.568. The minimum Gasteiger partial charge on any atom is -0.472 e.